The zero-order valence-electron chi connectivity index (χ0n) is 16.6. The molecule has 8 heteroatoms. The number of rotatable bonds is 7. The molecule has 6 nitrogen and oxygen atoms in total. The standard InChI is InChI=1S/C20H25ClN2O4S/c1-14(2)23(4)28(25,26)18-9-6-15(7-10-18)20(24)22(3)13-16-12-17(21)8-11-19(16)27-5/h6-12,14H,13H2,1-5H3. The van der Waals surface area contributed by atoms with Gasteiger partial charge in [0, 0.05) is 42.8 Å². The Labute approximate surface area is 171 Å². The SMILES string of the molecule is COc1ccc(Cl)cc1CN(C)C(=O)c1ccc(S(=O)(=O)N(C)C(C)C)cc1. The van der Waals surface area contributed by atoms with E-state index in [0.29, 0.717) is 22.9 Å². The minimum atomic E-state index is -3.59. The predicted octanol–water partition coefficient (Wildman–Crippen LogP) is 3.65. The first kappa shape index (κ1) is 22.2. The van der Waals surface area contributed by atoms with E-state index >= 15 is 0 Å². The summed E-state index contributed by atoms with van der Waals surface area (Å²) in [6, 6.07) is 11.0. The lowest BCUT2D eigenvalue weighted by Crippen LogP contribution is -2.33. The molecule has 0 N–H and O–H groups in total. The second-order valence-electron chi connectivity index (χ2n) is 6.76. The summed E-state index contributed by atoms with van der Waals surface area (Å²) < 4.78 is 31.7. The van der Waals surface area contributed by atoms with Crippen molar-refractivity contribution in [2.24, 2.45) is 0 Å². The molecule has 0 aliphatic rings. The monoisotopic (exact) mass is 424 g/mol. The quantitative estimate of drug-likeness (QED) is 0.680. The zero-order chi connectivity index (χ0) is 21.1. The molecule has 0 unspecified atom stereocenters. The molecular weight excluding hydrogens is 400 g/mol. The van der Waals surface area contributed by atoms with E-state index in [0.717, 1.165) is 5.56 Å². The molecule has 0 aromatic heterocycles. The topological polar surface area (TPSA) is 66.9 Å². The summed E-state index contributed by atoms with van der Waals surface area (Å²) >= 11 is 6.04. The Morgan fingerprint density at radius 2 is 1.71 bits per heavy atom. The van der Waals surface area contributed by atoms with Crippen LogP contribution in [0.25, 0.3) is 0 Å². The highest BCUT2D eigenvalue weighted by Gasteiger charge is 2.23. The molecule has 0 fully saturated rings. The summed E-state index contributed by atoms with van der Waals surface area (Å²) in [5.74, 6) is 0.408. The van der Waals surface area contributed by atoms with Gasteiger partial charge in [-0.1, -0.05) is 11.6 Å². The van der Waals surface area contributed by atoms with Crippen LogP contribution < -0.4 is 4.74 Å². The van der Waals surface area contributed by atoms with Gasteiger partial charge in [-0.25, -0.2) is 8.42 Å². The molecule has 0 atom stereocenters. The zero-order valence-corrected chi connectivity index (χ0v) is 18.2. The Morgan fingerprint density at radius 1 is 1.11 bits per heavy atom. The maximum Gasteiger partial charge on any atom is 0.253 e. The largest absolute Gasteiger partial charge is 0.496 e. The molecule has 0 saturated heterocycles. The number of benzene rings is 2. The van der Waals surface area contributed by atoms with Crippen molar-refractivity contribution in [2.75, 3.05) is 21.2 Å². The number of halogens is 1. The molecule has 152 valence electrons. The van der Waals surface area contributed by atoms with Gasteiger partial charge in [0.1, 0.15) is 5.75 Å². The Kier molecular flexibility index (Phi) is 7.09. The van der Waals surface area contributed by atoms with Gasteiger partial charge in [-0.2, -0.15) is 4.31 Å². The van der Waals surface area contributed by atoms with Gasteiger partial charge < -0.3 is 9.64 Å². The van der Waals surface area contributed by atoms with E-state index in [9.17, 15) is 13.2 Å². The van der Waals surface area contributed by atoms with Crippen LogP contribution in [0.3, 0.4) is 0 Å². The van der Waals surface area contributed by atoms with Crippen molar-refractivity contribution in [3.63, 3.8) is 0 Å². The Balaban J connectivity index is 2.20. The minimum absolute atomic E-state index is 0.152. The molecule has 0 saturated carbocycles. The third-order valence-electron chi connectivity index (χ3n) is 4.50. The van der Waals surface area contributed by atoms with E-state index < -0.39 is 10.0 Å². The summed E-state index contributed by atoms with van der Waals surface area (Å²) in [4.78, 5) is 14.4. The van der Waals surface area contributed by atoms with E-state index in [1.54, 1.807) is 46.2 Å². The highest BCUT2D eigenvalue weighted by atomic mass is 35.5. The first-order valence-electron chi connectivity index (χ1n) is 8.74. The molecule has 0 radical (unpaired) electrons. The average Bonchev–Trinajstić information content (AvgIpc) is 2.66. The normalized spacial score (nSPS) is 11.7. The number of sulfonamides is 1. The lowest BCUT2D eigenvalue weighted by molar-refractivity contribution is 0.0784. The molecule has 0 spiro atoms. The maximum atomic E-state index is 12.7. The Bertz CT molecular complexity index is 943. The molecule has 0 heterocycles. The number of carbonyl (C=O) groups is 1. The van der Waals surface area contributed by atoms with Crippen LogP contribution in [0, 0.1) is 0 Å². The van der Waals surface area contributed by atoms with Gasteiger partial charge in [0.25, 0.3) is 5.91 Å². The van der Waals surface area contributed by atoms with Gasteiger partial charge >= 0.3 is 0 Å². The van der Waals surface area contributed by atoms with Crippen LogP contribution in [-0.4, -0.2) is 50.8 Å². The smallest absolute Gasteiger partial charge is 0.253 e. The van der Waals surface area contributed by atoms with E-state index in [4.69, 9.17) is 16.3 Å². The summed E-state index contributed by atoms with van der Waals surface area (Å²) in [6.07, 6.45) is 0. The van der Waals surface area contributed by atoms with Crippen molar-refractivity contribution in [2.45, 2.75) is 31.3 Å². The van der Waals surface area contributed by atoms with Crippen molar-refractivity contribution >= 4 is 27.5 Å². The average molecular weight is 425 g/mol. The van der Waals surface area contributed by atoms with Gasteiger partial charge in [-0.15, -0.1) is 0 Å². The highest BCUT2D eigenvalue weighted by molar-refractivity contribution is 7.89. The fourth-order valence-electron chi connectivity index (χ4n) is 2.63. The molecular formula is C20H25ClN2O4S. The third-order valence-corrected chi connectivity index (χ3v) is 6.79. The Morgan fingerprint density at radius 3 is 2.25 bits per heavy atom. The number of nitrogens with zero attached hydrogens (tertiary/aromatic N) is 2. The first-order valence-corrected chi connectivity index (χ1v) is 10.6. The molecule has 0 bridgehead atoms. The van der Waals surface area contributed by atoms with E-state index in [1.165, 1.54) is 40.5 Å². The van der Waals surface area contributed by atoms with Crippen LogP contribution >= 0.6 is 11.6 Å². The first-order chi connectivity index (χ1) is 13.1. The summed E-state index contributed by atoms with van der Waals surface area (Å²) in [6.45, 7) is 3.90. The number of carbonyl (C=O) groups excluding carboxylic acids is 1. The maximum absolute atomic E-state index is 12.7. The summed E-state index contributed by atoms with van der Waals surface area (Å²) in [5.41, 5.74) is 1.18. The Hall–Kier alpha value is -2.09. The molecule has 2 aromatic carbocycles. The van der Waals surface area contributed by atoms with Gasteiger partial charge in [0.05, 0.1) is 12.0 Å². The van der Waals surface area contributed by atoms with Crippen molar-refractivity contribution < 1.29 is 17.9 Å². The molecule has 2 aromatic rings. The van der Waals surface area contributed by atoms with Crippen LogP contribution in [0.15, 0.2) is 47.4 Å². The van der Waals surface area contributed by atoms with E-state index in [2.05, 4.69) is 0 Å². The van der Waals surface area contributed by atoms with Gasteiger partial charge in [-0.3, -0.25) is 4.79 Å². The van der Waals surface area contributed by atoms with Gasteiger partial charge in [-0.05, 0) is 56.3 Å². The number of methoxy groups -OCH3 is 1. The van der Waals surface area contributed by atoms with Crippen LogP contribution in [0.4, 0.5) is 0 Å². The van der Waals surface area contributed by atoms with Crippen LogP contribution in [0.1, 0.15) is 29.8 Å². The summed E-state index contributed by atoms with van der Waals surface area (Å²) in [5, 5.41) is 0.556. The fourth-order valence-corrected chi connectivity index (χ4v) is 4.19. The van der Waals surface area contributed by atoms with Crippen molar-refractivity contribution in [3.05, 3.63) is 58.6 Å². The number of amides is 1. The summed E-state index contributed by atoms with van der Waals surface area (Å²) in [7, 11) is 1.17. The van der Waals surface area contributed by atoms with Crippen LogP contribution in [0.5, 0.6) is 5.75 Å². The third kappa shape index (κ3) is 4.84. The second kappa shape index (κ2) is 8.94. The van der Waals surface area contributed by atoms with E-state index in [1.807, 2.05) is 0 Å². The molecule has 1 amide bonds. The van der Waals surface area contributed by atoms with Crippen molar-refractivity contribution in [1.82, 2.24) is 9.21 Å². The van der Waals surface area contributed by atoms with Gasteiger partial charge in [0.15, 0.2) is 0 Å². The molecule has 28 heavy (non-hydrogen) atoms. The molecule has 0 aliphatic carbocycles. The van der Waals surface area contributed by atoms with E-state index in [-0.39, 0.29) is 16.8 Å². The molecule has 0 aliphatic heterocycles. The predicted molar refractivity (Wildman–Crippen MR) is 110 cm³/mol. The van der Waals surface area contributed by atoms with Crippen LogP contribution in [-0.2, 0) is 16.6 Å². The van der Waals surface area contributed by atoms with Crippen LogP contribution in [0.2, 0.25) is 5.02 Å². The molecule has 2 rings (SSSR count). The lowest BCUT2D eigenvalue weighted by atomic mass is 10.1. The highest BCUT2D eigenvalue weighted by Crippen LogP contribution is 2.24. The van der Waals surface area contributed by atoms with Crippen molar-refractivity contribution in [1.29, 1.82) is 0 Å². The number of ether oxygens (including phenoxy) is 1. The van der Waals surface area contributed by atoms with Crippen molar-refractivity contribution in [3.8, 4) is 5.75 Å². The lowest BCUT2D eigenvalue weighted by Gasteiger charge is -2.21. The number of hydrogen-bond donors (Lipinski definition) is 0. The number of hydrogen-bond acceptors (Lipinski definition) is 4. The fraction of sp³-hybridized carbons (Fsp3) is 0.350. The van der Waals surface area contributed by atoms with Gasteiger partial charge in [0.2, 0.25) is 10.0 Å². The minimum Gasteiger partial charge on any atom is -0.496 e. The second-order valence-corrected chi connectivity index (χ2v) is 9.19.